The van der Waals surface area contributed by atoms with Crippen molar-refractivity contribution in [2.45, 2.75) is 17.7 Å². The molecule has 0 radical (unpaired) electrons. The van der Waals surface area contributed by atoms with E-state index in [1.807, 2.05) is 0 Å². The zero-order chi connectivity index (χ0) is 13.1. The standard InChI is InChI=1S/C12H13FN2O2S/c13-9-7-8(14)1-2-10(9)18-6-5-15-11(16)3-4-12(15)17/h1-2,7H,3-6,14H2. The molecule has 0 saturated carbocycles. The van der Waals surface area contributed by atoms with Crippen molar-refractivity contribution in [3.8, 4) is 0 Å². The largest absolute Gasteiger partial charge is 0.399 e. The van der Waals surface area contributed by atoms with Crippen molar-refractivity contribution in [1.82, 2.24) is 4.90 Å². The van der Waals surface area contributed by atoms with E-state index < -0.39 is 0 Å². The van der Waals surface area contributed by atoms with Crippen LogP contribution in [0.2, 0.25) is 0 Å². The van der Waals surface area contributed by atoms with Crippen LogP contribution in [0.4, 0.5) is 10.1 Å². The Bertz CT molecular complexity index is 477. The molecule has 0 atom stereocenters. The number of hydrogen-bond acceptors (Lipinski definition) is 4. The average molecular weight is 268 g/mol. The lowest BCUT2D eigenvalue weighted by molar-refractivity contribution is -0.137. The fourth-order valence-electron chi connectivity index (χ4n) is 1.75. The highest BCUT2D eigenvalue weighted by Gasteiger charge is 2.28. The molecule has 0 aliphatic carbocycles. The Labute approximate surface area is 108 Å². The third kappa shape index (κ3) is 2.81. The molecule has 1 aliphatic heterocycles. The molecule has 0 unspecified atom stereocenters. The van der Waals surface area contributed by atoms with Gasteiger partial charge in [0.25, 0.3) is 0 Å². The van der Waals surface area contributed by atoms with Gasteiger partial charge in [0.15, 0.2) is 0 Å². The number of carbonyl (C=O) groups is 2. The Balaban J connectivity index is 1.88. The van der Waals surface area contributed by atoms with Crippen LogP contribution in [-0.4, -0.2) is 29.0 Å². The van der Waals surface area contributed by atoms with Crippen LogP contribution in [-0.2, 0) is 9.59 Å². The second kappa shape index (κ2) is 5.39. The molecule has 2 N–H and O–H groups in total. The molecule has 1 aromatic rings. The van der Waals surface area contributed by atoms with Crippen molar-refractivity contribution in [3.05, 3.63) is 24.0 Å². The van der Waals surface area contributed by atoms with Crippen LogP contribution in [0.3, 0.4) is 0 Å². The fraction of sp³-hybridized carbons (Fsp3) is 0.333. The first kappa shape index (κ1) is 12.9. The van der Waals surface area contributed by atoms with Gasteiger partial charge in [-0.3, -0.25) is 14.5 Å². The molecule has 0 bridgehead atoms. The quantitative estimate of drug-likeness (QED) is 0.512. The number of rotatable bonds is 4. The SMILES string of the molecule is Nc1ccc(SCCN2C(=O)CCC2=O)c(F)c1. The van der Waals surface area contributed by atoms with Crippen LogP contribution >= 0.6 is 11.8 Å². The third-order valence-corrected chi connectivity index (χ3v) is 3.71. The first-order chi connectivity index (χ1) is 8.58. The molecule has 2 amide bonds. The van der Waals surface area contributed by atoms with Crippen molar-refractivity contribution in [3.63, 3.8) is 0 Å². The molecule has 2 rings (SSSR count). The maximum atomic E-state index is 13.5. The topological polar surface area (TPSA) is 63.4 Å². The number of carbonyl (C=O) groups excluding carboxylic acids is 2. The second-order valence-electron chi connectivity index (χ2n) is 3.98. The smallest absolute Gasteiger partial charge is 0.229 e. The van der Waals surface area contributed by atoms with Gasteiger partial charge >= 0.3 is 0 Å². The predicted molar refractivity (Wildman–Crippen MR) is 67.5 cm³/mol. The number of nitrogens with two attached hydrogens (primary N) is 1. The number of likely N-dealkylation sites (tertiary alicyclic amines) is 1. The first-order valence-corrected chi connectivity index (χ1v) is 6.57. The van der Waals surface area contributed by atoms with Crippen LogP contribution in [0.15, 0.2) is 23.1 Å². The summed E-state index contributed by atoms with van der Waals surface area (Å²) in [4.78, 5) is 24.4. The monoisotopic (exact) mass is 268 g/mol. The van der Waals surface area contributed by atoms with Crippen molar-refractivity contribution < 1.29 is 14.0 Å². The molecule has 1 saturated heterocycles. The normalized spacial score (nSPS) is 15.5. The van der Waals surface area contributed by atoms with Gasteiger partial charge in [0, 0.05) is 35.7 Å². The lowest BCUT2D eigenvalue weighted by atomic mass is 10.3. The molecule has 0 spiro atoms. The molecule has 0 aromatic heterocycles. The fourth-order valence-corrected chi connectivity index (χ4v) is 2.61. The molecule has 1 heterocycles. The minimum atomic E-state index is -0.376. The molecular formula is C12H13FN2O2S. The zero-order valence-corrected chi connectivity index (χ0v) is 10.5. The maximum absolute atomic E-state index is 13.5. The van der Waals surface area contributed by atoms with Gasteiger partial charge in [0.05, 0.1) is 0 Å². The minimum Gasteiger partial charge on any atom is -0.399 e. The van der Waals surface area contributed by atoms with Gasteiger partial charge in [-0.15, -0.1) is 11.8 Å². The van der Waals surface area contributed by atoms with Crippen LogP contribution in [0, 0.1) is 5.82 Å². The van der Waals surface area contributed by atoms with Gasteiger partial charge in [0.1, 0.15) is 5.82 Å². The van der Waals surface area contributed by atoms with E-state index in [1.165, 1.54) is 22.7 Å². The number of thioether (sulfide) groups is 1. The van der Waals surface area contributed by atoms with E-state index in [9.17, 15) is 14.0 Å². The van der Waals surface area contributed by atoms with E-state index in [2.05, 4.69) is 0 Å². The molecule has 96 valence electrons. The lowest BCUT2D eigenvalue weighted by Crippen LogP contribution is -2.31. The Morgan fingerprint density at radius 2 is 1.94 bits per heavy atom. The number of nitrogen functional groups attached to an aromatic ring is 1. The van der Waals surface area contributed by atoms with Gasteiger partial charge in [0.2, 0.25) is 11.8 Å². The maximum Gasteiger partial charge on any atom is 0.229 e. The number of benzene rings is 1. The number of imide groups is 1. The zero-order valence-electron chi connectivity index (χ0n) is 9.69. The number of anilines is 1. The Hall–Kier alpha value is -1.56. The van der Waals surface area contributed by atoms with E-state index in [-0.39, 0.29) is 17.6 Å². The van der Waals surface area contributed by atoms with Crippen LogP contribution in [0.25, 0.3) is 0 Å². The van der Waals surface area contributed by atoms with Gasteiger partial charge in [-0.25, -0.2) is 4.39 Å². The van der Waals surface area contributed by atoms with Crippen LogP contribution < -0.4 is 5.73 Å². The number of nitrogens with zero attached hydrogens (tertiary/aromatic N) is 1. The highest BCUT2D eigenvalue weighted by Crippen LogP contribution is 2.24. The first-order valence-electron chi connectivity index (χ1n) is 5.59. The van der Waals surface area contributed by atoms with E-state index in [0.29, 0.717) is 35.7 Å². The van der Waals surface area contributed by atoms with Crippen molar-refractivity contribution in [2.75, 3.05) is 18.0 Å². The summed E-state index contributed by atoms with van der Waals surface area (Å²) in [5, 5.41) is 0. The second-order valence-corrected chi connectivity index (χ2v) is 5.11. The van der Waals surface area contributed by atoms with Crippen LogP contribution in [0.1, 0.15) is 12.8 Å². The summed E-state index contributed by atoms with van der Waals surface area (Å²) >= 11 is 1.27. The number of halogens is 1. The number of amides is 2. The summed E-state index contributed by atoms with van der Waals surface area (Å²) in [6.45, 7) is 0.326. The van der Waals surface area contributed by atoms with Crippen LogP contribution in [0.5, 0.6) is 0 Å². The van der Waals surface area contributed by atoms with E-state index in [4.69, 9.17) is 5.73 Å². The summed E-state index contributed by atoms with van der Waals surface area (Å²) in [5.74, 6) is -0.172. The molecule has 4 nitrogen and oxygen atoms in total. The average Bonchev–Trinajstić information content (AvgIpc) is 2.63. The molecule has 18 heavy (non-hydrogen) atoms. The summed E-state index contributed by atoms with van der Waals surface area (Å²) in [7, 11) is 0. The highest BCUT2D eigenvalue weighted by atomic mass is 32.2. The summed E-state index contributed by atoms with van der Waals surface area (Å²) in [6, 6.07) is 4.48. The molecular weight excluding hydrogens is 255 g/mol. The lowest BCUT2D eigenvalue weighted by Gasteiger charge is -2.13. The van der Waals surface area contributed by atoms with Crippen molar-refractivity contribution in [1.29, 1.82) is 0 Å². The Morgan fingerprint density at radius 3 is 2.56 bits per heavy atom. The summed E-state index contributed by atoms with van der Waals surface area (Å²) < 4.78 is 13.5. The highest BCUT2D eigenvalue weighted by molar-refractivity contribution is 7.99. The van der Waals surface area contributed by atoms with E-state index in [0.717, 1.165) is 0 Å². The molecule has 1 aromatic carbocycles. The predicted octanol–water partition coefficient (Wildman–Crippen LogP) is 1.65. The number of hydrogen-bond donors (Lipinski definition) is 1. The van der Waals surface area contributed by atoms with Gasteiger partial charge < -0.3 is 5.73 Å². The van der Waals surface area contributed by atoms with Crippen molar-refractivity contribution in [2.24, 2.45) is 0 Å². The van der Waals surface area contributed by atoms with Gasteiger partial charge in [-0.2, -0.15) is 0 Å². The third-order valence-electron chi connectivity index (χ3n) is 2.68. The minimum absolute atomic E-state index is 0.140. The Morgan fingerprint density at radius 1 is 1.28 bits per heavy atom. The summed E-state index contributed by atoms with van der Waals surface area (Å²) in [5.41, 5.74) is 5.82. The Kier molecular flexibility index (Phi) is 3.86. The van der Waals surface area contributed by atoms with Gasteiger partial charge in [-0.05, 0) is 18.2 Å². The van der Waals surface area contributed by atoms with E-state index in [1.54, 1.807) is 12.1 Å². The summed E-state index contributed by atoms with van der Waals surface area (Å²) in [6.07, 6.45) is 0.583. The molecule has 1 fully saturated rings. The van der Waals surface area contributed by atoms with E-state index >= 15 is 0 Å². The van der Waals surface area contributed by atoms with Crippen molar-refractivity contribution >= 4 is 29.3 Å². The van der Waals surface area contributed by atoms with Gasteiger partial charge in [-0.1, -0.05) is 0 Å². The molecule has 1 aliphatic rings. The molecule has 6 heteroatoms.